The Labute approximate surface area is 80.7 Å². The number of rotatable bonds is 7. The average Bonchev–Trinajstić information content (AvgIpc) is 2.02. The molecule has 2 nitrogen and oxygen atoms in total. The summed E-state index contributed by atoms with van der Waals surface area (Å²) in [5, 5.41) is 8.90. The third kappa shape index (κ3) is 6.38. The summed E-state index contributed by atoms with van der Waals surface area (Å²) in [4.78, 5) is 10.8. The van der Waals surface area contributed by atoms with Gasteiger partial charge in [-0.25, -0.2) is 0 Å². The van der Waals surface area contributed by atoms with E-state index in [9.17, 15) is 4.79 Å². The minimum Gasteiger partial charge on any atom is -0.481 e. The van der Waals surface area contributed by atoms with Crippen LogP contribution in [-0.4, -0.2) is 11.1 Å². The molecule has 0 aromatic rings. The van der Waals surface area contributed by atoms with Crippen LogP contribution in [-0.2, 0) is 4.79 Å². The summed E-state index contributed by atoms with van der Waals surface area (Å²) in [7, 11) is 0. The van der Waals surface area contributed by atoms with Crippen LogP contribution in [0.25, 0.3) is 0 Å². The van der Waals surface area contributed by atoms with Gasteiger partial charge in [0, 0.05) is 0 Å². The molecule has 0 aliphatic carbocycles. The Morgan fingerprint density at radius 1 is 1.54 bits per heavy atom. The zero-order valence-corrected chi connectivity index (χ0v) is 8.62. The Bertz CT molecular complexity index is 161. The molecule has 0 aliphatic heterocycles. The second kappa shape index (κ2) is 6.70. The Hall–Kier alpha value is -0.790. The van der Waals surface area contributed by atoms with Gasteiger partial charge in [0.25, 0.3) is 0 Å². The minimum absolute atomic E-state index is 0.167. The van der Waals surface area contributed by atoms with Gasteiger partial charge in [-0.05, 0) is 31.6 Å². The van der Waals surface area contributed by atoms with Crippen LogP contribution in [0.5, 0.6) is 0 Å². The second-order valence-corrected chi connectivity index (χ2v) is 3.88. The van der Waals surface area contributed by atoms with Crippen molar-refractivity contribution in [3.8, 4) is 0 Å². The molecule has 1 N–H and O–H groups in total. The van der Waals surface area contributed by atoms with E-state index in [1.807, 2.05) is 6.08 Å². The van der Waals surface area contributed by atoms with E-state index in [2.05, 4.69) is 20.4 Å². The predicted octanol–water partition coefficient (Wildman–Crippen LogP) is 3.09. The van der Waals surface area contributed by atoms with E-state index in [1.165, 1.54) is 0 Å². The molecule has 2 heteroatoms. The van der Waals surface area contributed by atoms with Gasteiger partial charge in [0.15, 0.2) is 0 Å². The van der Waals surface area contributed by atoms with Crippen molar-refractivity contribution < 1.29 is 9.90 Å². The van der Waals surface area contributed by atoms with E-state index in [-0.39, 0.29) is 5.92 Å². The highest BCUT2D eigenvalue weighted by Gasteiger charge is 2.17. The normalized spacial score (nSPS) is 12.8. The summed E-state index contributed by atoms with van der Waals surface area (Å²) >= 11 is 0. The summed E-state index contributed by atoms with van der Waals surface area (Å²) in [5.41, 5.74) is 0. The summed E-state index contributed by atoms with van der Waals surface area (Å²) in [6, 6.07) is 0. The molecule has 76 valence electrons. The number of carbonyl (C=O) groups is 1. The Morgan fingerprint density at radius 2 is 2.15 bits per heavy atom. The van der Waals surface area contributed by atoms with Crippen molar-refractivity contribution in [2.75, 3.05) is 0 Å². The smallest absolute Gasteiger partial charge is 0.306 e. The zero-order valence-electron chi connectivity index (χ0n) is 8.62. The van der Waals surface area contributed by atoms with Crippen LogP contribution in [0.2, 0.25) is 0 Å². The first-order chi connectivity index (χ1) is 6.07. The van der Waals surface area contributed by atoms with E-state index in [1.54, 1.807) is 0 Å². The summed E-state index contributed by atoms with van der Waals surface area (Å²) < 4.78 is 0. The van der Waals surface area contributed by atoms with Crippen molar-refractivity contribution >= 4 is 5.97 Å². The van der Waals surface area contributed by atoms with Gasteiger partial charge in [0.1, 0.15) is 0 Å². The van der Waals surface area contributed by atoms with Gasteiger partial charge < -0.3 is 5.11 Å². The third-order valence-corrected chi connectivity index (χ3v) is 2.07. The monoisotopic (exact) mass is 184 g/mol. The third-order valence-electron chi connectivity index (χ3n) is 2.07. The molecule has 0 heterocycles. The summed E-state index contributed by atoms with van der Waals surface area (Å²) in [5.74, 6) is -0.359. The van der Waals surface area contributed by atoms with Gasteiger partial charge in [-0.15, -0.1) is 6.58 Å². The topological polar surface area (TPSA) is 37.3 Å². The first-order valence-electron chi connectivity index (χ1n) is 4.91. The Balaban J connectivity index is 3.80. The number of carboxylic acid groups (broad SMARTS) is 1. The first kappa shape index (κ1) is 12.2. The highest BCUT2D eigenvalue weighted by atomic mass is 16.4. The fourth-order valence-electron chi connectivity index (χ4n) is 1.42. The molecule has 0 saturated heterocycles. The lowest BCUT2D eigenvalue weighted by Gasteiger charge is -2.13. The summed E-state index contributed by atoms with van der Waals surface area (Å²) in [6.45, 7) is 7.73. The zero-order chi connectivity index (χ0) is 10.3. The number of unbranched alkanes of at least 4 members (excludes halogenated alkanes) is 1. The average molecular weight is 184 g/mol. The van der Waals surface area contributed by atoms with Crippen LogP contribution in [0, 0.1) is 11.8 Å². The maximum atomic E-state index is 10.8. The van der Waals surface area contributed by atoms with E-state index in [0.29, 0.717) is 5.92 Å². The number of allylic oxidation sites excluding steroid dienone is 1. The number of aliphatic carboxylic acids is 1. The van der Waals surface area contributed by atoms with Gasteiger partial charge in [0.05, 0.1) is 5.92 Å². The van der Waals surface area contributed by atoms with Gasteiger partial charge in [-0.2, -0.15) is 0 Å². The van der Waals surface area contributed by atoms with Crippen LogP contribution in [0.15, 0.2) is 12.7 Å². The molecule has 0 aromatic carbocycles. The number of hydrogen-bond donors (Lipinski definition) is 1. The van der Waals surface area contributed by atoms with Crippen molar-refractivity contribution in [1.29, 1.82) is 0 Å². The van der Waals surface area contributed by atoms with Crippen LogP contribution in [0.3, 0.4) is 0 Å². The van der Waals surface area contributed by atoms with Crippen LogP contribution in [0.1, 0.15) is 39.5 Å². The van der Waals surface area contributed by atoms with Gasteiger partial charge in [0.2, 0.25) is 0 Å². The first-order valence-corrected chi connectivity index (χ1v) is 4.91. The lowest BCUT2D eigenvalue weighted by atomic mass is 9.92. The van der Waals surface area contributed by atoms with Crippen molar-refractivity contribution in [3.05, 3.63) is 12.7 Å². The Kier molecular flexibility index (Phi) is 6.29. The van der Waals surface area contributed by atoms with E-state index in [0.717, 1.165) is 25.7 Å². The van der Waals surface area contributed by atoms with Crippen molar-refractivity contribution in [2.24, 2.45) is 11.8 Å². The SMILES string of the molecule is C=CCCCC(CC(C)C)C(=O)O. The van der Waals surface area contributed by atoms with Crippen molar-refractivity contribution in [1.82, 2.24) is 0 Å². The molecule has 0 aliphatic rings. The molecule has 0 spiro atoms. The van der Waals surface area contributed by atoms with E-state index in [4.69, 9.17) is 5.11 Å². The molecule has 0 radical (unpaired) electrons. The van der Waals surface area contributed by atoms with E-state index >= 15 is 0 Å². The molecular formula is C11H20O2. The molecular weight excluding hydrogens is 164 g/mol. The fourth-order valence-corrected chi connectivity index (χ4v) is 1.42. The van der Waals surface area contributed by atoms with Crippen molar-refractivity contribution in [2.45, 2.75) is 39.5 Å². The number of carboxylic acids is 1. The van der Waals surface area contributed by atoms with E-state index < -0.39 is 5.97 Å². The maximum Gasteiger partial charge on any atom is 0.306 e. The van der Waals surface area contributed by atoms with Crippen LogP contribution < -0.4 is 0 Å². The molecule has 0 fully saturated rings. The molecule has 0 aromatic heterocycles. The lowest BCUT2D eigenvalue weighted by Crippen LogP contribution is -2.15. The predicted molar refractivity (Wildman–Crippen MR) is 54.6 cm³/mol. The molecule has 0 amide bonds. The molecule has 0 rings (SSSR count). The van der Waals surface area contributed by atoms with Crippen LogP contribution in [0.4, 0.5) is 0 Å². The number of hydrogen-bond acceptors (Lipinski definition) is 1. The van der Waals surface area contributed by atoms with Gasteiger partial charge in [-0.3, -0.25) is 4.79 Å². The molecule has 0 saturated carbocycles. The highest BCUT2D eigenvalue weighted by molar-refractivity contribution is 5.69. The molecule has 1 unspecified atom stereocenters. The fraction of sp³-hybridized carbons (Fsp3) is 0.727. The largest absolute Gasteiger partial charge is 0.481 e. The standard InChI is InChI=1S/C11H20O2/c1-4-5-6-7-10(11(12)13)8-9(2)3/h4,9-10H,1,5-8H2,2-3H3,(H,12,13). The lowest BCUT2D eigenvalue weighted by molar-refractivity contribution is -0.142. The van der Waals surface area contributed by atoms with Gasteiger partial charge >= 0.3 is 5.97 Å². The quantitative estimate of drug-likeness (QED) is 0.487. The molecule has 13 heavy (non-hydrogen) atoms. The highest BCUT2D eigenvalue weighted by Crippen LogP contribution is 2.18. The Morgan fingerprint density at radius 3 is 2.54 bits per heavy atom. The van der Waals surface area contributed by atoms with Crippen molar-refractivity contribution in [3.63, 3.8) is 0 Å². The summed E-state index contributed by atoms with van der Waals surface area (Å²) in [6.07, 6.45) is 5.26. The minimum atomic E-state index is -0.655. The second-order valence-electron chi connectivity index (χ2n) is 3.88. The molecule has 1 atom stereocenters. The maximum absolute atomic E-state index is 10.8. The molecule has 0 bridgehead atoms. The van der Waals surface area contributed by atoms with Crippen LogP contribution >= 0.6 is 0 Å². The van der Waals surface area contributed by atoms with Gasteiger partial charge in [-0.1, -0.05) is 19.9 Å².